The second-order valence-corrected chi connectivity index (χ2v) is 7.13. The van der Waals surface area contributed by atoms with Crippen LogP contribution in [0, 0.1) is 0 Å². The Morgan fingerprint density at radius 3 is 1.86 bits per heavy atom. The van der Waals surface area contributed by atoms with Gasteiger partial charge in [0.1, 0.15) is 5.66 Å². The molecule has 0 spiro atoms. The first-order chi connectivity index (χ1) is 13.9. The van der Waals surface area contributed by atoms with Crippen molar-refractivity contribution in [2.24, 2.45) is 0 Å². The molecular formula is C22H30B2O5. The highest BCUT2D eigenvalue weighted by atomic mass is 16.6. The topological polar surface area (TPSA) is 50.1 Å². The summed E-state index contributed by atoms with van der Waals surface area (Å²) >= 11 is 0. The number of rotatable bonds is 8. The van der Waals surface area contributed by atoms with Crippen molar-refractivity contribution < 1.29 is 23.0 Å². The zero-order chi connectivity index (χ0) is 21.2. The van der Waals surface area contributed by atoms with E-state index in [0.29, 0.717) is 5.66 Å². The monoisotopic (exact) mass is 396 g/mol. The maximum atomic E-state index is 5.87. The van der Waals surface area contributed by atoms with Gasteiger partial charge in [-0.1, -0.05) is 42.5 Å². The maximum absolute atomic E-state index is 5.87. The number of benzene rings is 2. The molecule has 7 heteroatoms. The molecule has 0 bridgehead atoms. The van der Waals surface area contributed by atoms with Crippen LogP contribution in [0.3, 0.4) is 0 Å². The predicted octanol–water partition coefficient (Wildman–Crippen LogP) is 3.65. The SMILES string of the molecule is CC(C)OB(OC(C)C)c1ccc2ccccc2c1.COB(OC)c1ccco1. The summed E-state index contributed by atoms with van der Waals surface area (Å²) in [4.78, 5) is 0. The molecule has 154 valence electrons. The first-order valence-corrected chi connectivity index (χ1v) is 9.83. The van der Waals surface area contributed by atoms with Crippen molar-refractivity contribution in [3.05, 3.63) is 60.9 Å². The Hall–Kier alpha value is -2.05. The van der Waals surface area contributed by atoms with Gasteiger partial charge in [0.15, 0.2) is 0 Å². The van der Waals surface area contributed by atoms with Crippen molar-refractivity contribution in [3.63, 3.8) is 0 Å². The van der Waals surface area contributed by atoms with E-state index in [1.54, 1.807) is 32.6 Å². The molecule has 0 aliphatic rings. The summed E-state index contributed by atoms with van der Waals surface area (Å²) < 4.78 is 26.6. The lowest BCUT2D eigenvalue weighted by Crippen LogP contribution is -2.40. The predicted molar refractivity (Wildman–Crippen MR) is 120 cm³/mol. The Labute approximate surface area is 174 Å². The van der Waals surface area contributed by atoms with Gasteiger partial charge in [0.25, 0.3) is 0 Å². The lowest BCUT2D eigenvalue weighted by molar-refractivity contribution is 0.139. The lowest BCUT2D eigenvalue weighted by atomic mass is 9.77. The van der Waals surface area contributed by atoms with Gasteiger partial charge in [-0.3, -0.25) is 0 Å². The number of furan rings is 1. The van der Waals surface area contributed by atoms with E-state index >= 15 is 0 Å². The molecule has 0 aliphatic carbocycles. The third kappa shape index (κ3) is 7.37. The molecule has 0 N–H and O–H groups in total. The van der Waals surface area contributed by atoms with Crippen molar-refractivity contribution >= 4 is 36.1 Å². The summed E-state index contributed by atoms with van der Waals surface area (Å²) in [5.74, 6) is 0. The molecule has 0 fully saturated rings. The van der Waals surface area contributed by atoms with E-state index in [2.05, 4.69) is 36.4 Å². The Kier molecular flexibility index (Phi) is 9.48. The van der Waals surface area contributed by atoms with Crippen LogP contribution in [0.5, 0.6) is 0 Å². The minimum Gasteiger partial charge on any atom is -0.473 e. The Morgan fingerprint density at radius 1 is 0.724 bits per heavy atom. The van der Waals surface area contributed by atoms with Gasteiger partial charge in [0, 0.05) is 26.4 Å². The highest BCUT2D eigenvalue weighted by molar-refractivity contribution is 6.61. The molecule has 0 saturated heterocycles. The van der Waals surface area contributed by atoms with E-state index in [9.17, 15) is 0 Å². The molecule has 0 unspecified atom stereocenters. The second-order valence-electron chi connectivity index (χ2n) is 7.13. The zero-order valence-electron chi connectivity index (χ0n) is 18.1. The molecule has 0 atom stereocenters. The third-order valence-corrected chi connectivity index (χ3v) is 4.04. The third-order valence-electron chi connectivity index (χ3n) is 4.04. The summed E-state index contributed by atoms with van der Waals surface area (Å²) in [6.45, 7) is 8.10. The lowest BCUT2D eigenvalue weighted by Gasteiger charge is -2.20. The molecule has 3 rings (SSSR count). The zero-order valence-corrected chi connectivity index (χ0v) is 18.1. The van der Waals surface area contributed by atoms with Crippen LogP contribution in [0.4, 0.5) is 0 Å². The van der Waals surface area contributed by atoms with E-state index < -0.39 is 0 Å². The molecule has 5 nitrogen and oxygen atoms in total. The number of fused-ring (bicyclic) bond motifs is 1. The normalized spacial score (nSPS) is 10.9. The van der Waals surface area contributed by atoms with Gasteiger partial charge in [-0.05, 0) is 56.1 Å². The van der Waals surface area contributed by atoms with Gasteiger partial charge in [-0.2, -0.15) is 0 Å². The quantitative estimate of drug-likeness (QED) is 0.545. The molecule has 0 amide bonds. The second kappa shape index (κ2) is 11.8. The van der Waals surface area contributed by atoms with Gasteiger partial charge < -0.3 is 23.0 Å². The molecule has 0 radical (unpaired) electrons. The average Bonchev–Trinajstić information content (AvgIpc) is 3.22. The molecule has 0 aliphatic heterocycles. The van der Waals surface area contributed by atoms with Crippen molar-refractivity contribution in [2.75, 3.05) is 14.2 Å². The standard InChI is InChI=1S/C16H21BO2.C6H9BO3/c1-12(2)18-17(19-13(3)4)16-10-9-14-7-5-6-8-15(14)11-16;1-8-7(9-2)6-4-3-5-10-6/h5-13H,1-4H3;3-5H,1-2H3. The first kappa shape index (κ1) is 23.2. The van der Waals surface area contributed by atoms with Crippen LogP contribution in [0.2, 0.25) is 0 Å². The van der Waals surface area contributed by atoms with Crippen LogP contribution < -0.4 is 11.1 Å². The molecule has 1 aromatic heterocycles. The molecule has 29 heavy (non-hydrogen) atoms. The summed E-state index contributed by atoms with van der Waals surface area (Å²) in [5, 5.41) is 2.45. The van der Waals surface area contributed by atoms with Crippen LogP contribution in [0.1, 0.15) is 27.7 Å². The molecule has 2 aromatic carbocycles. The fourth-order valence-electron chi connectivity index (χ4n) is 2.79. The Morgan fingerprint density at radius 2 is 1.34 bits per heavy atom. The maximum Gasteiger partial charge on any atom is 0.531 e. The number of hydrogen-bond acceptors (Lipinski definition) is 5. The van der Waals surface area contributed by atoms with E-state index in [1.807, 2.05) is 33.8 Å². The summed E-state index contributed by atoms with van der Waals surface area (Å²) in [5.41, 5.74) is 1.76. The molecule has 0 saturated carbocycles. The molecular weight excluding hydrogens is 366 g/mol. The first-order valence-electron chi connectivity index (χ1n) is 9.83. The van der Waals surface area contributed by atoms with Gasteiger partial charge >= 0.3 is 14.2 Å². The Balaban J connectivity index is 0.000000253. The van der Waals surface area contributed by atoms with Gasteiger partial charge in [0.2, 0.25) is 0 Å². The Bertz CT molecular complexity index is 822. The molecule has 1 heterocycles. The molecule has 3 aromatic rings. The van der Waals surface area contributed by atoms with Crippen molar-refractivity contribution in [1.29, 1.82) is 0 Å². The van der Waals surface area contributed by atoms with Crippen molar-refractivity contribution in [3.8, 4) is 0 Å². The largest absolute Gasteiger partial charge is 0.531 e. The van der Waals surface area contributed by atoms with Crippen LogP contribution in [0.25, 0.3) is 10.8 Å². The van der Waals surface area contributed by atoms with E-state index in [1.165, 1.54) is 10.8 Å². The summed E-state index contributed by atoms with van der Waals surface area (Å²) in [6, 6.07) is 18.3. The smallest absolute Gasteiger partial charge is 0.473 e. The van der Waals surface area contributed by atoms with E-state index in [-0.39, 0.29) is 26.4 Å². The highest BCUT2D eigenvalue weighted by Gasteiger charge is 2.24. The van der Waals surface area contributed by atoms with Crippen molar-refractivity contribution in [2.45, 2.75) is 39.9 Å². The minimum atomic E-state index is -0.380. The van der Waals surface area contributed by atoms with Crippen LogP contribution >= 0.6 is 0 Å². The summed E-state index contributed by atoms with van der Waals surface area (Å²) in [6.07, 6.45) is 1.85. The van der Waals surface area contributed by atoms with Gasteiger partial charge in [-0.15, -0.1) is 0 Å². The van der Waals surface area contributed by atoms with Crippen LogP contribution in [-0.2, 0) is 18.6 Å². The highest BCUT2D eigenvalue weighted by Crippen LogP contribution is 2.12. The average molecular weight is 396 g/mol. The van der Waals surface area contributed by atoms with Crippen molar-refractivity contribution in [1.82, 2.24) is 0 Å². The fourth-order valence-corrected chi connectivity index (χ4v) is 2.79. The van der Waals surface area contributed by atoms with E-state index in [0.717, 1.165) is 5.46 Å². The van der Waals surface area contributed by atoms with Gasteiger partial charge in [-0.25, -0.2) is 0 Å². The van der Waals surface area contributed by atoms with Gasteiger partial charge in [0.05, 0.1) is 6.26 Å². The van der Waals surface area contributed by atoms with E-state index in [4.69, 9.17) is 23.0 Å². The summed E-state index contributed by atoms with van der Waals surface area (Å²) in [7, 11) is 2.45. The number of hydrogen-bond donors (Lipinski definition) is 0. The van der Waals surface area contributed by atoms with Crippen LogP contribution in [-0.4, -0.2) is 40.7 Å². The fraction of sp³-hybridized carbons (Fsp3) is 0.364. The minimum absolute atomic E-state index is 0.134. The van der Waals surface area contributed by atoms with Crippen LogP contribution in [0.15, 0.2) is 65.3 Å².